The first-order valence-corrected chi connectivity index (χ1v) is 15.7. The fraction of sp³-hybridized carbons (Fsp3) is 0.406. The normalized spacial score (nSPS) is 13.7. The van der Waals surface area contributed by atoms with Gasteiger partial charge in [0.15, 0.2) is 9.84 Å². The number of carbonyl (C=O) groups is 3. The van der Waals surface area contributed by atoms with Gasteiger partial charge in [-0.15, -0.1) is 0 Å². The summed E-state index contributed by atoms with van der Waals surface area (Å²) >= 11 is 0. The first-order chi connectivity index (χ1) is 19.8. The van der Waals surface area contributed by atoms with Crippen LogP contribution in [0.4, 0.5) is 4.79 Å². The van der Waals surface area contributed by atoms with Crippen LogP contribution in [0.1, 0.15) is 52.7 Å². The summed E-state index contributed by atoms with van der Waals surface area (Å²) in [5, 5.41) is 9.29. The molecule has 0 saturated carbocycles. The lowest BCUT2D eigenvalue weighted by molar-refractivity contribution is -0.131. The Morgan fingerprint density at radius 3 is 1.79 bits per heavy atom. The van der Waals surface area contributed by atoms with E-state index < -0.39 is 45.9 Å². The van der Waals surface area contributed by atoms with Crippen molar-refractivity contribution in [1.29, 1.82) is 0 Å². The highest BCUT2D eigenvalue weighted by molar-refractivity contribution is 7.93. The van der Waals surface area contributed by atoms with Crippen LogP contribution in [0.3, 0.4) is 0 Å². The summed E-state index contributed by atoms with van der Waals surface area (Å²) < 4.78 is 30.7. The molecule has 2 aromatic rings. The van der Waals surface area contributed by atoms with Crippen LogP contribution in [-0.4, -0.2) is 44.5 Å². The molecule has 9 nitrogen and oxygen atoms in total. The SMILES string of the molecule is CC(C)=CC(/C=C/S(=O)(=O)Cc1ccccc1)NC(=O)C(NC(=O)C(NC(=O)OCc1ccccc1)C(C)C)C(C)C. The molecule has 3 atom stereocenters. The van der Waals surface area contributed by atoms with E-state index in [9.17, 15) is 22.8 Å². The number of amides is 3. The van der Waals surface area contributed by atoms with Crippen molar-refractivity contribution in [3.05, 3.63) is 94.9 Å². The molecule has 42 heavy (non-hydrogen) atoms. The maximum absolute atomic E-state index is 13.4. The van der Waals surface area contributed by atoms with E-state index in [1.165, 1.54) is 6.08 Å². The Bertz CT molecular complexity index is 1330. The molecule has 0 bridgehead atoms. The maximum atomic E-state index is 13.4. The van der Waals surface area contributed by atoms with E-state index in [4.69, 9.17) is 4.74 Å². The number of nitrogens with one attached hydrogen (secondary N) is 3. The van der Waals surface area contributed by atoms with Gasteiger partial charge in [-0.3, -0.25) is 9.59 Å². The van der Waals surface area contributed by atoms with Crippen LogP contribution in [0.15, 0.2) is 83.8 Å². The van der Waals surface area contributed by atoms with Crippen LogP contribution in [0.25, 0.3) is 0 Å². The molecule has 228 valence electrons. The van der Waals surface area contributed by atoms with Gasteiger partial charge in [0.2, 0.25) is 11.8 Å². The molecule has 3 amide bonds. The van der Waals surface area contributed by atoms with E-state index in [0.717, 1.165) is 16.5 Å². The molecule has 3 N–H and O–H groups in total. The molecule has 0 fully saturated rings. The largest absolute Gasteiger partial charge is 0.445 e. The van der Waals surface area contributed by atoms with Gasteiger partial charge in [0, 0.05) is 5.41 Å². The van der Waals surface area contributed by atoms with Crippen molar-refractivity contribution in [1.82, 2.24) is 16.0 Å². The van der Waals surface area contributed by atoms with Crippen LogP contribution >= 0.6 is 0 Å². The zero-order valence-electron chi connectivity index (χ0n) is 25.2. The van der Waals surface area contributed by atoms with Gasteiger partial charge >= 0.3 is 6.09 Å². The first-order valence-electron chi connectivity index (χ1n) is 13.9. The minimum Gasteiger partial charge on any atom is -0.445 e. The van der Waals surface area contributed by atoms with Crippen LogP contribution < -0.4 is 16.0 Å². The molecule has 0 saturated heterocycles. The average Bonchev–Trinajstić information content (AvgIpc) is 2.92. The Morgan fingerprint density at radius 1 is 0.762 bits per heavy atom. The number of hydrogen-bond acceptors (Lipinski definition) is 6. The summed E-state index contributed by atoms with van der Waals surface area (Å²) in [6.07, 6.45) is 2.40. The smallest absolute Gasteiger partial charge is 0.408 e. The average molecular weight is 598 g/mol. The molecular formula is C32H43N3O6S. The van der Waals surface area contributed by atoms with E-state index in [0.29, 0.717) is 5.56 Å². The second-order valence-corrected chi connectivity index (χ2v) is 12.9. The maximum Gasteiger partial charge on any atom is 0.408 e. The van der Waals surface area contributed by atoms with E-state index in [2.05, 4.69) is 16.0 Å². The number of allylic oxidation sites excluding steroid dienone is 1. The highest BCUT2D eigenvalue weighted by Crippen LogP contribution is 2.11. The highest BCUT2D eigenvalue weighted by Gasteiger charge is 2.31. The highest BCUT2D eigenvalue weighted by atomic mass is 32.2. The fourth-order valence-corrected chi connectivity index (χ4v) is 5.18. The number of sulfone groups is 1. The summed E-state index contributed by atoms with van der Waals surface area (Å²) in [6.45, 7) is 10.8. The number of benzene rings is 2. The number of rotatable bonds is 14. The molecular weight excluding hydrogens is 554 g/mol. The Balaban J connectivity index is 2.10. The minimum atomic E-state index is -3.59. The summed E-state index contributed by atoms with van der Waals surface area (Å²) in [7, 11) is -3.59. The first kappa shape index (κ1) is 34.3. The Labute approximate surface area is 249 Å². The van der Waals surface area contributed by atoms with Crippen LogP contribution in [0.5, 0.6) is 0 Å². The third kappa shape index (κ3) is 12.3. The number of alkyl carbamates (subject to hydrolysis) is 1. The summed E-state index contributed by atoms with van der Waals surface area (Å²) in [5.74, 6) is -1.77. The zero-order valence-corrected chi connectivity index (χ0v) is 26.0. The summed E-state index contributed by atoms with van der Waals surface area (Å²) in [4.78, 5) is 39.0. The molecule has 2 aromatic carbocycles. The Hall–Kier alpha value is -3.92. The minimum absolute atomic E-state index is 0.0521. The Kier molecular flexibility index (Phi) is 13.5. The van der Waals surface area contributed by atoms with Crippen molar-refractivity contribution < 1.29 is 27.5 Å². The van der Waals surface area contributed by atoms with Gasteiger partial charge in [0.1, 0.15) is 18.7 Å². The lowest BCUT2D eigenvalue weighted by Gasteiger charge is -2.27. The standard InChI is InChI=1S/C32H43N3O6S/c1-22(2)19-27(17-18-42(39,40)21-26-15-11-8-12-16-26)33-30(36)28(23(3)4)34-31(37)29(24(5)6)35-32(38)41-20-25-13-9-7-10-14-25/h7-19,23-24,27-29H,20-21H2,1-6H3,(H,33,36)(H,34,37)(H,35,38)/b18-17+. The lowest BCUT2D eigenvalue weighted by atomic mass is 9.99. The van der Waals surface area contributed by atoms with E-state index in [-0.39, 0.29) is 24.2 Å². The van der Waals surface area contributed by atoms with Gasteiger partial charge in [-0.2, -0.15) is 0 Å². The molecule has 10 heteroatoms. The number of carbonyl (C=O) groups excluding carboxylic acids is 3. The van der Waals surface area contributed by atoms with E-state index >= 15 is 0 Å². The molecule has 0 heterocycles. The fourth-order valence-electron chi connectivity index (χ4n) is 4.02. The Morgan fingerprint density at radius 2 is 1.26 bits per heavy atom. The monoisotopic (exact) mass is 597 g/mol. The van der Waals surface area contributed by atoms with Crippen molar-refractivity contribution in [3.63, 3.8) is 0 Å². The molecule has 0 aliphatic carbocycles. The lowest BCUT2D eigenvalue weighted by Crippen LogP contribution is -2.57. The molecule has 0 spiro atoms. The molecule has 0 aliphatic rings. The van der Waals surface area contributed by atoms with E-state index in [1.807, 2.05) is 50.2 Å². The van der Waals surface area contributed by atoms with Gasteiger partial charge in [-0.25, -0.2) is 13.2 Å². The quantitative estimate of drug-likeness (QED) is 0.272. The second-order valence-electron chi connectivity index (χ2n) is 11.1. The third-order valence-electron chi connectivity index (χ3n) is 6.21. The van der Waals surface area contributed by atoms with Crippen LogP contribution in [-0.2, 0) is 36.5 Å². The van der Waals surface area contributed by atoms with Gasteiger partial charge in [0.25, 0.3) is 0 Å². The van der Waals surface area contributed by atoms with Crippen LogP contribution in [0, 0.1) is 11.8 Å². The van der Waals surface area contributed by atoms with Crippen molar-refractivity contribution in [2.45, 2.75) is 72.0 Å². The van der Waals surface area contributed by atoms with Gasteiger partial charge < -0.3 is 20.7 Å². The van der Waals surface area contributed by atoms with Gasteiger partial charge in [-0.05, 0) is 42.9 Å². The molecule has 0 aromatic heterocycles. The molecule has 3 unspecified atom stereocenters. The van der Waals surface area contributed by atoms with Crippen molar-refractivity contribution in [2.75, 3.05) is 0 Å². The van der Waals surface area contributed by atoms with E-state index in [1.54, 1.807) is 58.0 Å². The summed E-state index contributed by atoms with van der Waals surface area (Å²) in [6, 6.07) is 15.4. The van der Waals surface area contributed by atoms with Gasteiger partial charge in [0.05, 0.1) is 11.8 Å². The van der Waals surface area contributed by atoms with Gasteiger partial charge in [-0.1, -0.05) is 100 Å². The third-order valence-corrected chi connectivity index (χ3v) is 7.52. The molecule has 0 aliphatic heterocycles. The van der Waals surface area contributed by atoms with Crippen LogP contribution in [0.2, 0.25) is 0 Å². The zero-order chi connectivity index (χ0) is 31.3. The number of hydrogen-bond donors (Lipinski definition) is 3. The molecule has 2 rings (SSSR count). The molecule has 0 radical (unpaired) electrons. The predicted molar refractivity (Wildman–Crippen MR) is 165 cm³/mol. The topological polar surface area (TPSA) is 131 Å². The second kappa shape index (κ2) is 16.5. The van der Waals surface area contributed by atoms with Crippen molar-refractivity contribution in [2.24, 2.45) is 11.8 Å². The summed E-state index contributed by atoms with van der Waals surface area (Å²) in [5.41, 5.74) is 2.33. The number of ether oxygens (including phenoxy) is 1. The predicted octanol–water partition coefficient (Wildman–Crippen LogP) is 4.66. The van der Waals surface area contributed by atoms with Crippen molar-refractivity contribution >= 4 is 27.7 Å². The van der Waals surface area contributed by atoms with Crippen molar-refractivity contribution in [3.8, 4) is 0 Å².